The second-order valence-corrected chi connectivity index (χ2v) is 5.91. The van der Waals surface area contributed by atoms with Crippen LogP contribution in [0.3, 0.4) is 0 Å². The van der Waals surface area contributed by atoms with Gasteiger partial charge in [0.15, 0.2) is 5.11 Å². The maximum absolute atomic E-state index is 11.9. The molecule has 3 nitrogen and oxygen atoms in total. The lowest BCUT2D eigenvalue weighted by Gasteiger charge is -2.10. The molecule has 5 heteroatoms. The van der Waals surface area contributed by atoms with Crippen LogP contribution in [-0.2, 0) is 4.79 Å². The molecule has 0 aliphatic heterocycles. The molecule has 2 aromatic rings. The fourth-order valence-electron chi connectivity index (χ4n) is 1.91. The van der Waals surface area contributed by atoms with E-state index < -0.39 is 0 Å². The van der Waals surface area contributed by atoms with E-state index >= 15 is 0 Å². The van der Waals surface area contributed by atoms with Gasteiger partial charge in [0.25, 0.3) is 0 Å². The van der Waals surface area contributed by atoms with Gasteiger partial charge in [-0.3, -0.25) is 10.1 Å². The number of hydrogen-bond donors (Lipinski definition) is 2. The van der Waals surface area contributed by atoms with E-state index in [1.165, 1.54) is 11.6 Å². The normalized spacial score (nSPS) is 10.6. The molecule has 2 rings (SSSR count). The molecule has 2 N–H and O–H groups in total. The Morgan fingerprint density at radius 3 is 2.57 bits per heavy atom. The van der Waals surface area contributed by atoms with Crippen LogP contribution in [0.2, 0.25) is 5.02 Å². The predicted molar refractivity (Wildman–Crippen MR) is 101 cm³/mol. The topological polar surface area (TPSA) is 41.1 Å². The highest BCUT2D eigenvalue weighted by Crippen LogP contribution is 2.16. The van der Waals surface area contributed by atoms with Crippen molar-refractivity contribution in [2.24, 2.45) is 0 Å². The molecule has 118 valence electrons. The van der Waals surface area contributed by atoms with E-state index in [9.17, 15) is 4.79 Å². The van der Waals surface area contributed by atoms with E-state index in [4.69, 9.17) is 23.8 Å². The first-order valence-corrected chi connectivity index (χ1v) is 7.86. The quantitative estimate of drug-likeness (QED) is 0.637. The highest BCUT2D eigenvalue weighted by molar-refractivity contribution is 7.80. The fourth-order valence-corrected chi connectivity index (χ4v) is 2.33. The Bertz CT molecular complexity index is 771. The zero-order chi connectivity index (χ0) is 16.8. The van der Waals surface area contributed by atoms with Crippen molar-refractivity contribution in [1.29, 1.82) is 0 Å². The Labute approximate surface area is 146 Å². The largest absolute Gasteiger partial charge is 0.332 e. The summed E-state index contributed by atoms with van der Waals surface area (Å²) in [6.07, 6.45) is 3.05. The number of aryl methyl sites for hydroxylation is 2. The SMILES string of the molecule is Cc1ccc(NC(=S)NC(=O)C=Cc2ccccc2Cl)cc1C. The van der Waals surface area contributed by atoms with Crippen molar-refractivity contribution in [3.8, 4) is 0 Å². The number of amides is 1. The fraction of sp³-hybridized carbons (Fsp3) is 0.111. The van der Waals surface area contributed by atoms with E-state index in [-0.39, 0.29) is 11.0 Å². The summed E-state index contributed by atoms with van der Waals surface area (Å²) in [7, 11) is 0. The van der Waals surface area contributed by atoms with Gasteiger partial charge in [-0.05, 0) is 67.0 Å². The molecule has 0 radical (unpaired) electrons. The van der Waals surface area contributed by atoms with E-state index in [0.717, 1.165) is 16.8 Å². The van der Waals surface area contributed by atoms with Gasteiger partial charge < -0.3 is 5.32 Å². The Balaban J connectivity index is 1.93. The van der Waals surface area contributed by atoms with Crippen molar-refractivity contribution in [2.45, 2.75) is 13.8 Å². The van der Waals surface area contributed by atoms with Gasteiger partial charge in [-0.15, -0.1) is 0 Å². The molecule has 0 aromatic heterocycles. The van der Waals surface area contributed by atoms with E-state index in [1.54, 1.807) is 12.1 Å². The number of nitrogens with one attached hydrogen (secondary N) is 2. The first-order valence-electron chi connectivity index (χ1n) is 7.07. The van der Waals surface area contributed by atoms with Crippen LogP contribution in [0.5, 0.6) is 0 Å². The molecular weight excluding hydrogens is 328 g/mol. The van der Waals surface area contributed by atoms with Crippen LogP contribution >= 0.6 is 23.8 Å². The summed E-state index contributed by atoms with van der Waals surface area (Å²) in [5.74, 6) is -0.314. The number of carbonyl (C=O) groups is 1. The molecule has 0 unspecified atom stereocenters. The van der Waals surface area contributed by atoms with E-state index in [0.29, 0.717) is 5.02 Å². The van der Waals surface area contributed by atoms with Crippen LogP contribution in [0, 0.1) is 13.8 Å². The maximum Gasteiger partial charge on any atom is 0.250 e. The number of carbonyl (C=O) groups excluding carboxylic acids is 1. The van der Waals surface area contributed by atoms with Crippen LogP contribution < -0.4 is 10.6 Å². The molecule has 23 heavy (non-hydrogen) atoms. The summed E-state index contributed by atoms with van der Waals surface area (Å²) in [5.41, 5.74) is 3.97. The van der Waals surface area contributed by atoms with Crippen LogP contribution in [0.25, 0.3) is 6.08 Å². The molecule has 0 aliphatic rings. The van der Waals surface area contributed by atoms with Gasteiger partial charge >= 0.3 is 0 Å². The average Bonchev–Trinajstić information content (AvgIpc) is 2.50. The molecule has 0 saturated heterocycles. The van der Waals surface area contributed by atoms with Gasteiger partial charge in [0.1, 0.15) is 0 Å². The minimum atomic E-state index is -0.314. The molecule has 0 aliphatic carbocycles. The molecular formula is C18H17ClN2OS. The van der Waals surface area contributed by atoms with Crippen molar-refractivity contribution in [3.63, 3.8) is 0 Å². The predicted octanol–water partition coefficient (Wildman–Crippen LogP) is 4.48. The molecule has 0 spiro atoms. The monoisotopic (exact) mass is 344 g/mol. The standard InChI is InChI=1S/C18H17ClN2OS/c1-12-7-9-15(11-13(12)2)20-18(23)21-17(22)10-8-14-5-3-4-6-16(14)19/h3-11H,1-2H3,(H2,20,21,22,23). The number of thiocarbonyl (C=S) groups is 1. The molecule has 0 bridgehead atoms. The van der Waals surface area contributed by atoms with Crippen molar-refractivity contribution < 1.29 is 4.79 Å². The first kappa shape index (κ1) is 17.2. The van der Waals surface area contributed by atoms with E-state index in [2.05, 4.69) is 10.6 Å². The molecule has 0 fully saturated rings. The smallest absolute Gasteiger partial charge is 0.250 e. The summed E-state index contributed by atoms with van der Waals surface area (Å²) in [5, 5.41) is 6.44. The third kappa shape index (κ3) is 5.20. The maximum atomic E-state index is 11.9. The summed E-state index contributed by atoms with van der Waals surface area (Å²) < 4.78 is 0. The van der Waals surface area contributed by atoms with Crippen LogP contribution in [0.1, 0.15) is 16.7 Å². The van der Waals surface area contributed by atoms with E-state index in [1.807, 2.05) is 50.2 Å². The summed E-state index contributed by atoms with van der Waals surface area (Å²) in [6, 6.07) is 13.2. The van der Waals surface area contributed by atoms with Gasteiger partial charge in [0, 0.05) is 16.8 Å². The Kier molecular flexibility index (Phi) is 5.90. The number of rotatable bonds is 3. The Hall–Kier alpha value is -2.17. The zero-order valence-electron chi connectivity index (χ0n) is 12.9. The first-order chi connectivity index (χ1) is 11.0. The Morgan fingerprint density at radius 2 is 1.87 bits per heavy atom. The minimum Gasteiger partial charge on any atom is -0.332 e. The highest BCUT2D eigenvalue weighted by Gasteiger charge is 2.03. The van der Waals surface area contributed by atoms with Gasteiger partial charge in [-0.25, -0.2) is 0 Å². The van der Waals surface area contributed by atoms with Crippen LogP contribution in [0.15, 0.2) is 48.5 Å². The van der Waals surface area contributed by atoms with Crippen molar-refractivity contribution >= 4 is 46.6 Å². The number of benzene rings is 2. The zero-order valence-corrected chi connectivity index (χ0v) is 14.5. The third-order valence-corrected chi connectivity index (χ3v) is 3.87. The summed E-state index contributed by atoms with van der Waals surface area (Å²) in [4.78, 5) is 11.9. The molecule has 1 amide bonds. The lowest BCUT2D eigenvalue weighted by atomic mass is 10.1. The van der Waals surface area contributed by atoms with Crippen LogP contribution in [0.4, 0.5) is 5.69 Å². The third-order valence-electron chi connectivity index (χ3n) is 3.32. The number of halogens is 1. The minimum absolute atomic E-state index is 0.252. The van der Waals surface area contributed by atoms with Gasteiger partial charge in [-0.1, -0.05) is 35.9 Å². The van der Waals surface area contributed by atoms with Gasteiger partial charge in [0.05, 0.1) is 0 Å². The van der Waals surface area contributed by atoms with Gasteiger partial charge in [0.2, 0.25) is 5.91 Å². The lowest BCUT2D eigenvalue weighted by molar-refractivity contribution is -0.115. The van der Waals surface area contributed by atoms with Crippen molar-refractivity contribution in [2.75, 3.05) is 5.32 Å². The van der Waals surface area contributed by atoms with Crippen LogP contribution in [-0.4, -0.2) is 11.0 Å². The second kappa shape index (κ2) is 7.90. The molecule has 0 saturated carbocycles. The summed E-state index contributed by atoms with van der Waals surface area (Å²) >= 11 is 11.2. The molecule has 0 heterocycles. The molecule has 0 atom stereocenters. The number of anilines is 1. The molecule has 2 aromatic carbocycles. The highest BCUT2D eigenvalue weighted by atomic mass is 35.5. The number of hydrogen-bond acceptors (Lipinski definition) is 2. The van der Waals surface area contributed by atoms with Gasteiger partial charge in [-0.2, -0.15) is 0 Å². The second-order valence-electron chi connectivity index (χ2n) is 5.10. The van der Waals surface area contributed by atoms with Crippen molar-refractivity contribution in [3.05, 3.63) is 70.3 Å². The Morgan fingerprint density at radius 1 is 1.13 bits per heavy atom. The van der Waals surface area contributed by atoms with Crippen molar-refractivity contribution in [1.82, 2.24) is 5.32 Å². The summed E-state index contributed by atoms with van der Waals surface area (Å²) in [6.45, 7) is 4.06. The lowest BCUT2D eigenvalue weighted by Crippen LogP contribution is -2.32. The average molecular weight is 345 g/mol.